The van der Waals surface area contributed by atoms with Gasteiger partial charge in [-0.05, 0) is 44.6 Å². The maximum Gasteiger partial charge on any atom is 0.146 e. The molecule has 2 N–H and O–H groups in total. The van der Waals surface area contributed by atoms with Crippen LogP contribution in [0.5, 0.6) is 0 Å². The van der Waals surface area contributed by atoms with Crippen LogP contribution in [0.3, 0.4) is 0 Å². The first kappa shape index (κ1) is 14.3. The molecule has 0 aromatic heterocycles. The van der Waals surface area contributed by atoms with Crippen molar-refractivity contribution in [3.8, 4) is 0 Å². The Balaban J connectivity index is 2.28. The third-order valence-corrected chi connectivity index (χ3v) is 4.04. The Kier molecular flexibility index (Phi) is 4.42. The summed E-state index contributed by atoms with van der Waals surface area (Å²) in [4.78, 5) is 4.41. The van der Waals surface area contributed by atoms with E-state index in [4.69, 9.17) is 5.73 Å². The van der Waals surface area contributed by atoms with Crippen molar-refractivity contribution in [1.29, 1.82) is 0 Å². The van der Waals surface area contributed by atoms with Gasteiger partial charge >= 0.3 is 0 Å². The second-order valence-electron chi connectivity index (χ2n) is 5.70. The Hall–Kier alpha value is -1.13. The Morgan fingerprint density at radius 2 is 2.11 bits per heavy atom. The standard InChI is InChI=1S/C15H24FN3/c1-11-9-19(10-14(11)18(2)3)15-12(7-8-17)5-4-6-13(15)16/h4-6,11,14H,7-10,17H2,1-3H3. The number of nitrogens with zero attached hydrogens (tertiary/aromatic N) is 2. The highest BCUT2D eigenvalue weighted by Crippen LogP contribution is 2.31. The van der Waals surface area contributed by atoms with Gasteiger partial charge < -0.3 is 15.5 Å². The fourth-order valence-electron chi connectivity index (χ4n) is 3.08. The van der Waals surface area contributed by atoms with Crippen molar-refractivity contribution in [2.45, 2.75) is 19.4 Å². The molecule has 1 aliphatic heterocycles. The molecule has 0 saturated carbocycles. The van der Waals surface area contributed by atoms with Crippen molar-refractivity contribution in [1.82, 2.24) is 4.90 Å². The van der Waals surface area contributed by atoms with E-state index in [1.807, 2.05) is 6.07 Å². The average molecular weight is 265 g/mol. The SMILES string of the molecule is CC1CN(c2c(F)cccc2CCN)CC1N(C)C. The van der Waals surface area contributed by atoms with Crippen LogP contribution in [0.15, 0.2) is 18.2 Å². The van der Waals surface area contributed by atoms with Gasteiger partial charge in [-0.2, -0.15) is 0 Å². The van der Waals surface area contributed by atoms with E-state index in [1.54, 1.807) is 12.1 Å². The molecule has 0 spiro atoms. The van der Waals surface area contributed by atoms with Crippen LogP contribution in [0.4, 0.5) is 10.1 Å². The Labute approximate surface area is 115 Å². The maximum absolute atomic E-state index is 14.2. The average Bonchev–Trinajstić information content (AvgIpc) is 2.71. The van der Waals surface area contributed by atoms with Crippen molar-refractivity contribution in [3.05, 3.63) is 29.6 Å². The van der Waals surface area contributed by atoms with Crippen molar-refractivity contribution in [2.24, 2.45) is 11.7 Å². The zero-order chi connectivity index (χ0) is 14.0. The van der Waals surface area contributed by atoms with Crippen LogP contribution in [0.25, 0.3) is 0 Å². The molecular weight excluding hydrogens is 241 g/mol. The number of nitrogens with two attached hydrogens (primary N) is 1. The largest absolute Gasteiger partial charge is 0.367 e. The number of hydrogen-bond acceptors (Lipinski definition) is 3. The summed E-state index contributed by atoms with van der Waals surface area (Å²) in [6.45, 7) is 4.57. The molecule has 3 nitrogen and oxygen atoms in total. The first-order valence-corrected chi connectivity index (χ1v) is 6.93. The summed E-state index contributed by atoms with van der Waals surface area (Å²) in [6.07, 6.45) is 0.727. The topological polar surface area (TPSA) is 32.5 Å². The zero-order valence-corrected chi connectivity index (χ0v) is 12.1. The molecule has 0 radical (unpaired) electrons. The van der Waals surface area contributed by atoms with Crippen LogP contribution in [0, 0.1) is 11.7 Å². The van der Waals surface area contributed by atoms with Gasteiger partial charge in [0, 0.05) is 19.1 Å². The first-order chi connectivity index (χ1) is 9.04. The Morgan fingerprint density at radius 1 is 1.37 bits per heavy atom. The van der Waals surface area contributed by atoms with E-state index in [0.29, 0.717) is 18.5 Å². The Bertz CT molecular complexity index is 433. The third-order valence-electron chi connectivity index (χ3n) is 4.04. The van der Waals surface area contributed by atoms with Crippen LogP contribution in [-0.2, 0) is 6.42 Å². The minimum atomic E-state index is -0.127. The van der Waals surface area contributed by atoms with Gasteiger partial charge in [-0.15, -0.1) is 0 Å². The van der Waals surface area contributed by atoms with Gasteiger partial charge in [-0.3, -0.25) is 0 Å². The monoisotopic (exact) mass is 265 g/mol. The van der Waals surface area contributed by atoms with Crippen LogP contribution in [-0.4, -0.2) is 44.7 Å². The second-order valence-corrected chi connectivity index (χ2v) is 5.70. The van der Waals surface area contributed by atoms with Crippen molar-refractivity contribution in [3.63, 3.8) is 0 Å². The maximum atomic E-state index is 14.2. The van der Waals surface area contributed by atoms with Gasteiger partial charge in [-0.25, -0.2) is 4.39 Å². The molecule has 4 heteroatoms. The van der Waals surface area contributed by atoms with E-state index in [0.717, 1.165) is 30.8 Å². The molecule has 1 aliphatic rings. The third kappa shape index (κ3) is 2.90. The molecular formula is C15H24FN3. The van der Waals surface area contributed by atoms with Gasteiger partial charge in [0.25, 0.3) is 0 Å². The summed E-state index contributed by atoms with van der Waals surface area (Å²) in [5.74, 6) is 0.415. The van der Waals surface area contributed by atoms with E-state index >= 15 is 0 Å². The van der Waals surface area contributed by atoms with Crippen molar-refractivity contribution in [2.75, 3.05) is 38.6 Å². The minimum absolute atomic E-state index is 0.127. The predicted molar refractivity (Wildman–Crippen MR) is 78.0 cm³/mol. The molecule has 0 bridgehead atoms. The molecule has 1 aromatic carbocycles. The summed E-state index contributed by atoms with van der Waals surface area (Å²) >= 11 is 0. The molecule has 1 fully saturated rings. The van der Waals surface area contributed by atoms with Gasteiger partial charge in [0.15, 0.2) is 0 Å². The quantitative estimate of drug-likeness (QED) is 0.899. The van der Waals surface area contributed by atoms with E-state index < -0.39 is 0 Å². The summed E-state index contributed by atoms with van der Waals surface area (Å²) in [5, 5.41) is 0. The van der Waals surface area contributed by atoms with Crippen LogP contribution < -0.4 is 10.6 Å². The highest BCUT2D eigenvalue weighted by Gasteiger charge is 2.32. The highest BCUT2D eigenvalue weighted by atomic mass is 19.1. The van der Waals surface area contributed by atoms with Gasteiger partial charge in [0.2, 0.25) is 0 Å². The van der Waals surface area contributed by atoms with Crippen molar-refractivity contribution >= 4 is 5.69 Å². The molecule has 19 heavy (non-hydrogen) atoms. The number of likely N-dealkylation sites (N-methyl/N-ethyl adjacent to an activating group) is 1. The Morgan fingerprint density at radius 3 is 2.68 bits per heavy atom. The van der Waals surface area contributed by atoms with E-state index in [-0.39, 0.29) is 5.82 Å². The fraction of sp³-hybridized carbons (Fsp3) is 0.600. The number of hydrogen-bond donors (Lipinski definition) is 1. The number of benzene rings is 1. The van der Waals surface area contributed by atoms with Gasteiger partial charge in [0.1, 0.15) is 5.82 Å². The normalized spacial score (nSPS) is 23.4. The van der Waals surface area contributed by atoms with Crippen LogP contribution >= 0.6 is 0 Å². The molecule has 2 rings (SSSR count). The summed E-state index contributed by atoms with van der Waals surface area (Å²) < 4.78 is 14.2. The van der Waals surface area contributed by atoms with E-state index in [9.17, 15) is 4.39 Å². The molecule has 0 amide bonds. The summed E-state index contributed by atoms with van der Waals surface area (Å²) in [7, 11) is 4.18. The van der Waals surface area contributed by atoms with Crippen molar-refractivity contribution < 1.29 is 4.39 Å². The number of para-hydroxylation sites is 1. The van der Waals surface area contributed by atoms with Crippen LogP contribution in [0.2, 0.25) is 0 Å². The lowest BCUT2D eigenvalue weighted by Crippen LogP contribution is -2.34. The van der Waals surface area contributed by atoms with E-state index in [2.05, 4.69) is 30.8 Å². The molecule has 1 aromatic rings. The first-order valence-electron chi connectivity index (χ1n) is 6.93. The molecule has 2 unspecified atom stereocenters. The minimum Gasteiger partial charge on any atom is -0.367 e. The number of rotatable bonds is 4. The zero-order valence-electron chi connectivity index (χ0n) is 12.1. The fourth-order valence-corrected chi connectivity index (χ4v) is 3.08. The summed E-state index contributed by atoms with van der Waals surface area (Å²) in [6, 6.07) is 5.78. The second kappa shape index (κ2) is 5.88. The lowest BCUT2D eigenvalue weighted by Gasteiger charge is -2.24. The number of anilines is 1. The molecule has 1 saturated heterocycles. The molecule has 0 aliphatic carbocycles. The lowest BCUT2D eigenvalue weighted by molar-refractivity contribution is 0.266. The molecule has 1 heterocycles. The van der Waals surface area contributed by atoms with Crippen LogP contribution in [0.1, 0.15) is 12.5 Å². The predicted octanol–water partition coefficient (Wildman–Crippen LogP) is 1.71. The smallest absolute Gasteiger partial charge is 0.146 e. The summed E-state index contributed by atoms with van der Waals surface area (Å²) in [5.41, 5.74) is 7.41. The lowest BCUT2D eigenvalue weighted by atomic mass is 10.1. The molecule has 2 atom stereocenters. The van der Waals surface area contributed by atoms with Gasteiger partial charge in [0.05, 0.1) is 5.69 Å². The highest BCUT2D eigenvalue weighted by molar-refractivity contribution is 5.56. The van der Waals surface area contributed by atoms with Gasteiger partial charge in [-0.1, -0.05) is 19.1 Å². The number of halogens is 1. The molecule has 106 valence electrons. The van der Waals surface area contributed by atoms with E-state index in [1.165, 1.54) is 0 Å².